The average Bonchev–Trinajstić information content (AvgIpc) is 3.05. The summed E-state index contributed by atoms with van der Waals surface area (Å²) in [6, 6.07) is 8.47. The number of carbonyl (C=O) groups is 1. The maximum Gasteiger partial charge on any atom is 0.329 e. The van der Waals surface area contributed by atoms with Crippen LogP contribution in [-0.4, -0.2) is 49.8 Å². The molecule has 1 aliphatic heterocycles. The number of amides is 1. The van der Waals surface area contributed by atoms with Crippen LogP contribution in [0.3, 0.4) is 0 Å². The molecule has 0 bridgehead atoms. The number of carbonyl (C=O) groups excluding carboxylic acids is 1. The fourth-order valence-electron chi connectivity index (χ4n) is 2.86. The van der Waals surface area contributed by atoms with E-state index >= 15 is 0 Å². The molecule has 122 valence electrons. The number of imidazole rings is 1. The summed E-state index contributed by atoms with van der Waals surface area (Å²) in [6.07, 6.45) is 5.47. The van der Waals surface area contributed by atoms with E-state index in [0.29, 0.717) is 6.04 Å². The number of aryl methyl sites for hydroxylation is 1. The summed E-state index contributed by atoms with van der Waals surface area (Å²) in [5, 5.41) is 0. The minimum atomic E-state index is -0.0113. The Balaban J connectivity index is 1.72. The van der Waals surface area contributed by atoms with Crippen LogP contribution in [-0.2, 0) is 0 Å². The Hall–Kier alpha value is -1.41. The first-order valence-electron chi connectivity index (χ1n) is 7.83. The van der Waals surface area contributed by atoms with Crippen molar-refractivity contribution in [2.45, 2.75) is 25.8 Å². The number of halogens is 1. The summed E-state index contributed by atoms with van der Waals surface area (Å²) >= 11 is 2.35. The highest BCUT2D eigenvalue weighted by Gasteiger charge is 2.25. The number of aromatic nitrogens is 2. The minimum absolute atomic E-state index is 0.0113. The van der Waals surface area contributed by atoms with Crippen molar-refractivity contribution in [3.63, 3.8) is 0 Å². The van der Waals surface area contributed by atoms with Gasteiger partial charge in [-0.2, -0.15) is 0 Å². The predicted octanol–water partition coefficient (Wildman–Crippen LogP) is 3.57. The molecule has 0 spiro atoms. The smallest absolute Gasteiger partial charge is 0.324 e. The second-order valence-electron chi connectivity index (χ2n) is 6.07. The van der Waals surface area contributed by atoms with Gasteiger partial charge in [0, 0.05) is 60.8 Å². The molecule has 1 aliphatic rings. The lowest BCUT2D eigenvalue weighted by Crippen LogP contribution is -2.44. The summed E-state index contributed by atoms with van der Waals surface area (Å²) < 4.78 is 3.87. The summed E-state index contributed by atoms with van der Waals surface area (Å²) in [4.78, 5) is 18.9. The molecular weight excluding hydrogens is 403 g/mol. The van der Waals surface area contributed by atoms with Crippen molar-refractivity contribution < 1.29 is 4.79 Å². The van der Waals surface area contributed by atoms with Crippen LogP contribution in [0, 0.1) is 6.92 Å². The second kappa shape index (κ2) is 7.00. The zero-order valence-corrected chi connectivity index (χ0v) is 15.6. The first-order chi connectivity index (χ1) is 11.0. The molecule has 23 heavy (non-hydrogen) atoms. The van der Waals surface area contributed by atoms with Gasteiger partial charge in [-0.25, -0.2) is 12.9 Å². The van der Waals surface area contributed by atoms with E-state index in [1.807, 2.05) is 30.3 Å². The fourth-order valence-corrected chi connectivity index (χ4v) is 3.42. The average molecular weight is 424 g/mol. The first-order valence-corrected chi connectivity index (χ1v) is 8.80. The van der Waals surface area contributed by atoms with Gasteiger partial charge in [-0.3, -0.25) is 4.57 Å². The summed E-state index contributed by atoms with van der Waals surface area (Å²) in [7, 11) is 1.89. The van der Waals surface area contributed by atoms with Crippen molar-refractivity contribution in [1.29, 1.82) is 0 Å². The second-order valence-corrected chi connectivity index (χ2v) is 7.43. The van der Waals surface area contributed by atoms with E-state index in [9.17, 15) is 4.79 Å². The van der Waals surface area contributed by atoms with E-state index < -0.39 is 0 Å². The van der Waals surface area contributed by atoms with E-state index in [1.165, 1.54) is 5.56 Å². The highest BCUT2D eigenvalue weighted by atomic mass is 127. The van der Waals surface area contributed by atoms with Crippen LogP contribution < -0.4 is 0 Å². The fraction of sp³-hybridized carbons (Fsp3) is 0.412. The van der Waals surface area contributed by atoms with Crippen LogP contribution in [0.15, 0.2) is 36.8 Å². The third-order valence-electron chi connectivity index (χ3n) is 4.41. The van der Waals surface area contributed by atoms with Crippen LogP contribution >= 0.6 is 22.9 Å². The van der Waals surface area contributed by atoms with Crippen LogP contribution in [0.25, 0.3) is 11.3 Å². The van der Waals surface area contributed by atoms with E-state index in [2.05, 4.69) is 50.0 Å². The van der Waals surface area contributed by atoms with Gasteiger partial charge in [-0.05, 0) is 19.8 Å². The maximum atomic E-state index is 12.7. The molecule has 0 unspecified atom stereocenters. The van der Waals surface area contributed by atoms with E-state index in [0.717, 1.165) is 37.2 Å². The molecule has 0 N–H and O–H groups in total. The summed E-state index contributed by atoms with van der Waals surface area (Å²) in [5.74, 6) is 0. The highest BCUT2D eigenvalue weighted by molar-refractivity contribution is 14.1. The number of hydrogen-bond donors (Lipinski definition) is 0. The number of piperidine rings is 1. The SMILES string of the molecule is Cc1ccc(-c2cn(C(=O)N(C)C3CCN(I)CC3)cn2)cc1. The number of benzene rings is 1. The standard InChI is InChI=1S/C17H21IN4O/c1-13-3-5-14(6-4-13)16-11-21(12-19-16)17(23)20(2)15-7-9-22(18)10-8-15/h3-6,11-12,15H,7-10H2,1-2H3. The van der Waals surface area contributed by atoms with E-state index in [1.54, 1.807) is 10.9 Å². The lowest BCUT2D eigenvalue weighted by atomic mass is 10.1. The third kappa shape index (κ3) is 3.74. The molecule has 2 heterocycles. The van der Waals surface area contributed by atoms with Crippen LogP contribution in [0.2, 0.25) is 0 Å². The Bertz CT molecular complexity index is 674. The summed E-state index contributed by atoms with van der Waals surface area (Å²) in [5.41, 5.74) is 3.07. The topological polar surface area (TPSA) is 41.4 Å². The van der Waals surface area contributed by atoms with Gasteiger partial charge in [0.15, 0.2) is 0 Å². The molecule has 0 atom stereocenters. The van der Waals surface area contributed by atoms with Crippen molar-refractivity contribution in [1.82, 2.24) is 17.6 Å². The molecule has 3 rings (SSSR count). The van der Waals surface area contributed by atoms with Gasteiger partial charge in [-0.1, -0.05) is 29.8 Å². The third-order valence-corrected chi connectivity index (χ3v) is 5.38. The lowest BCUT2D eigenvalue weighted by Gasteiger charge is -2.34. The molecule has 1 aromatic heterocycles. The van der Waals surface area contributed by atoms with Gasteiger partial charge >= 0.3 is 6.03 Å². The Morgan fingerprint density at radius 1 is 1.26 bits per heavy atom. The largest absolute Gasteiger partial charge is 0.329 e. The Labute approximate surface area is 150 Å². The normalized spacial score (nSPS) is 16.5. The zero-order valence-electron chi connectivity index (χ0n) is 13.4. The molecule has 2 aromatic rings. The zero-order chi connectivity index (χ0) is 16.4. The summed E-state index contributed by atoms with van der Waals surface area (Å²) in [6.45, 7) is 4.12. The Morgan fingerprint density at radius 3 is 2.57 bits per heavy atom. The Morgan fingerprint density at radius 2 is 1.91 bits per heavy atom. The molecule has 1 amide bonds. The molecule has 1 aromatic carbocycles. The monoisotopic (exact) mass is 424 g/mol. The molecule has 0 saturated carbocycles. The van der Waals surface area contributed by atoms with Crippen molar-refractivity contribution in [2.24, 2.45) is 0 Å². The number of nitrogens with zero attached hydrogens (tertiary/aromatic N) is 4. The van der Waals surface area contributed by atoms with Crippen LogP contribution in [0.4, 0.5) is 4.79 Å². The van der Waals surface area contributed by atoms with Crippen molar-refractivity contribution in [3.8, 4) is 11.3 Å². The first kappa shape index (κ1) is 16.4. The molecular formula is C17H21IN4O. The van der Waals surface area contributed by atoms with Crippen molar-refractivity contribution in [3.05, 3.63) is 42.4 Å². The van der Waals surface area contributed by atoms with Crippen molar-refractivity contribution >= 4 is 28.9 Å². The van der Waals surface area contributed by atoms with Gasteiger partial charge in [-0.15, -0.1) is 0 Å². The maximum absolute atomic E-state index is 12.7. The van der Waals surface area contributed by atoms with Gasteiger partial charge in [0.05, 0.1) is 5.69 Å². The minimum Gasteiger partial charge on any atom is -0.324 e. The molecule has 5 nitrogen and oxygen atoms in total. The highest BCUT2D eigenvalue weighted by Crippen LogP contribution is 2.20. The molecule has 6 heteroatoms. The number of rotatable bonds is 2. The van der Waals surface area contributed by atoms with E-state index in [4.69, 9.17) is 0 Å². The van der Waals surface area contributed by atoms with Gasteiger partial charge in [0.25, 0.3) is 0 Å². The molecule has 1 saturated heterocycles. The van der Waals surface area contributed by atoms with E-state index in [-0.39, 0.29) is 6.03 Å². The molecule has 0 radical (unpaired) electrons. The van der Waals surface area contributed by atoms with Crippen LogP contribution in [0.5, 0.6) is 0 Å². The predicted molar refractivity (Wildman–Crippen MR) is 99.6 cm³/mol. The number of hydrogen-bond acceptors (Lipinski definition) is 3. The molecule has 0 aliphatic carbocycles. The van der Waals surface area contributed by atoms with Gasteiger partial charge in [0.1, 0.15) is 6.33 Å². The quantitative estimate of drug-likeness (QED) is 0.547. The molecule has 1 fully saturated rings. The van der Waals surface area contributed by atoms with Crippen molar-refractivity contribution in [2.75, 3.05) is 20.1 Å². The van der Waals surface area contributed by atoms with Crippen LogP contribution in [0.1, 0.15) is 18.4 Å². The Kier molecular flexibility index (Phi) is 5.01. The van der Waals surface area contributed by atoms with Gasteiger partial charge in [0.2, 0.25) is 0 Å². The lowest BCUT2D eigenvalue weighted by molar-refractivity contribution is 0.169. The van der Waals surface area contributed by atoms with Gasteiger partial charge < -0.3 is 4.90 Å².